The Morgan fingerprint density at radius 2 is 2.00 bits per heavy atom. The van der Waals surface area contributed by atoms with E-state index in [2.05, 4.69) is 4.72 Å². The molecule has 0 aromatic rings. The summed E-state index contributed by atoms with van der Waals surface area (Å²) in [7, 11) is -3.43. The Labute approximate surface area is 90.7 Å². The molecule has 0 rings (SSSR count). The molecule has 0 aromatic carbocycles. The highest BCUT2D eigenvalue weighted by atomic mass is 35.5. The minimum Gasteiger partial charge on any atom is -0.389 e. The minimum atomic E-state index is -3.43. The topological polar surface area (TPSA) is 66.4 Å². The van der Waals surface area contributed by atoms with Crippen LogP contribution in [-0.4, -0.2) is 30.9 Å². The third-order valence-electron chi connectivity index (χ3n) is 1.66. The van der Waals surface area contributed by atoms with Gasteiger partial charge in [-0.25, -0.2) is 13.1 Å². The number of hydrogen-bond donors (Lipinski definition) is 2. The van der Waals surface area contributed by atoms with Crippen molar-refractivity contribution < 1.29 is 13.5 Å². The predicted molar refractivity (Wildman–Crippen MR) is 57.7 cm³/mol. The zero-order valence-electron chi connectivity index (χ0n) is 8.75. The van der Waals surface area contributed by atoms with E-state index in [1.165, 1.54) is 0 Å². The van der Waals surface area contributed by atoms with Crippen LogP contribution in [0.2, 0.25) is 0 Å². The van der Waals surface area contributed by atoms with Gasteiger partial charge in [0.2, 0.25) is 10.0 Å². The van der Waals surface area contributed by atoms with Crippen LogP contribution in [0.25, 0.3) is 0 Å². The van der Waals surface area contributed by atoms with Crippen LogP contribution in [0.5, 0.6) is 0 Å². The molecule has 0 fully saturated rings. The van der Waals surface area contributed by atoms with Gasteiger partial charge in [0.25, 0.3) is 0 Å². The Kier molecular flexibility index (Phi) is 5.36. The Morgan fingerprint density at radius 1 is 1.50 bits per heavy atom. The van der Waals surface area contributed by atoms with Crippen molar-refractivity contribution in [3.05, 3.63) is 0 Å². The Balaban J connectivity index is 4.12. The van der Waals surface area contributed by atoms with E-state index in [1.807, 2.05) is 13.8 Å². The van der Waals surface area contributed by atoms with Gasteiger partial charge in [-0.1, -0.05) is 13.8 Å². The number of rotatable bonds is 6. The van der Waals surface area contributed by atoms with Crippen LogP contribution in [-0.2, 0) is 10.0 Å². The first kappa shape index (κ1) is 14.2. The Hall–Kier alpha value is 0.160. The SMILES string of the molecule is CC(C)CC(C)(O)CNS(=O)(=O)CCl. The number of nitrogens with one attached hydrogen (secondary N) is 1. The molecule has 0 aliphatic rings. The van der Waals surface area contributed by atoms with Gasteiger partial charge < -0.3 is 5.11 Å². The third-order valence-corrected chi connectivity index (χ3v) is 3.40. The van der Waals surface area contributed by atoms with E-state index in [-0.39, 0.29) is 6.54 Å². The van der Waals surface area contributed by atoms with Crippen LogP contribution in [0, 0.1) is 5.92 Å². The second kappa shape index (κ2) is 5.30. The fraction of sp³-hybridized carbons (Fsp3) is 1.00. The molecule has 0 aromatic heterocycles. The first-order valence-electron chi connectivity index (χ1n) is 4.44. The van der Waals surface area contributed by atoms with Crippen molar-refractivity contribution >= 4 is 21.6 Å². The average Bonchev–Trinajstić information content (AvgIpc) is 1.99. The van der Waals surface area contributed by atoms with Crippen molar-refractivity contribution in [3.63, 3.8) is 0 Å². The molecule has 0 aliphatic carbocycles. The Bertz CT molecular complexity index is 262. The van der Waals surface area contributed by atoms with Gasteiger partial charge in [-0.15, -0.1) is 11.6 Å². The van der Waals surface area contributed by atoms with Crippen LogP contribution in [0.4, 0.5) is 0 Å². The lowest BCUT2D eigenvalue weighted by atomic mass is 9.95. The highest BCUT2D eigenvalue weighted by molar-refractivity contribution is 7.90. The summed E-state index contributed by atoms with van der Waals surface area (Å²) >= 11 is 5.20. The summed E-state index contributed by atoms with van der Waals surface area (Å²) in [5.74, 6) is 0.311. The van der Waals surface area contributed by atoms with Crippen LogP contribution >= 0.6 is 11.6 Å². The number of sulfonamides is 1. The fourth-order valence-electron chi connectivity index (χ4n) is 1.26. The minimum absolute atomic E-state index is 0.000231. The molecule has 4 nitrogen and oxygen atoms in total. The lowest BCUT2D eigenvalue weighted by molar-refractivity contribution is 0.0437. The zero-order valence-corrected chi connectivity index (χ0v) is 10.3. The summed E-state index contributed by atoms with van der Waals surface area (Å²) < 4.78 is 24.2. The van der Waals surface area contributed by atoms with Crippen LogP contribution in [0.3, 0.4) is 0 Å². The molecule has 0 spiro atoms. The van der Waals surface area contributed by atoms with Gasteiger partial charge in [0.15, 0.2) is 0 Å². The van der Waals surface area contributed by atoms with Gasteiger partial charge in [-0.3, -0.25) is 0 Å². The van der Waals surface area contributed by atoms with Crippen molar-refractivity contribution in [2.75, 3.05) is 11.8 Å². The molecule has 0 saturated carbocycles. The van der Waals surface area contributed by atoms with Gasteiger partial charge in [0, 0.05) is 6.54 Å². The van der Waals surface area contributed by atoms with Crippen molar-refractivity contribution in [1.82, 2.24) is 4.72 Å². The van der Waals surface area contributed by atoms with Crippen LogP contribution in [0.15, 0.2) is 0 Å². The molecular formula is C8H18ClNO3S. The number of alkyl halides is 1. The normalized spacial score (nSPS) is 17.0. The lowest BCUT2D eigenvalue weighted by Gasteiger charge is -2.25. The number of hydrogen-bond acceptors (Lipinski definition) is 3. The number of aliphatic hydroxyl groups is 1. The van der Waals surface area contributed by atoms with Crippen LogP contribution < -0.4 is 4.72 Å². The molecule has 1 unspecified atom stereocenters. The highest BCUT2D eigenvalue weighted by Gasteiger charge is 2.23. The average molecular weight is 244 g/mol. The van der Waals surface area contributed by atoms with Gasteiger partial charge in [-0.05, 0) is 19.3 Å². The van der Waals surface area contributed by atoms with E-state index in [9.17, 15) is 13.5 Å². The smallest absolute Gasteiger partial charge is 0.225 e. The predicted octanol–water partition coefficient (Wildman–Crippen LogP) is 0.899. The molecule has 86 valence electrons. The monoisotopic (exact) mass is 243 g/mol. The summed E-state index contributed by atoms with van der Waals surface area (Å²) in [4.78, 5) is 0. The van der Waals surface area contributed by atoms with E-state index in [1.54, 1.807) is 6.92 Å². The molecule has 14 heavy (non-hydrogen) atoms. The largest absolute Gasteiger partial charge is 0.389 e. The maximum atomic E-state index is 11.0. The molecule has 0 amide bonds. The molecule has 0 heterocycles. The molecule has 0 radical (unpaired) electrons. The first-order chi connectivity index (χ1) is 6.18. The summed E-state index contributed by atoms with van der Waals surface area (Å²) in [6.07, 6.45) is 0.539. The standard InChI is InChI=1S/C8H18ClNO3S/c1-7(2)4-8(3,11)5-10-14(12,13)6-9/h7,10-11H,4-6H2,1-3H3. The molecule has 0 aliphatic heterocycles. The highest BCUT2D eigenvalue weighted by Crippen LogP contribution is 2.15. The third kappa shape index (κ3) is 6.59. The van der Waals surface area contributed by atoms with Gasteiger partial charge in [-0.2, -0.15) is 0 Å². The fourth-order valence-corrected chi connectivity index (χ4v) is 2.10. The van der Waals surface area contributed by atoms with Crippen molar-refractivity contribution in [2.45, 2.75) is 32.8 Å². The van der Waals surface area contributed by atoms with Crippen LogP contribution in [0.1, 0.15) is 27.2 Å². The van der Waals surface area contributed by atoms with E-state index < -0.39 is 20.8 Å². The molecule has 6 heteroatoms. The van der Waals surface area contributed by atoms with E-state index >= 15 is 0 Å². The van der Waals surface area contributed by atoms with E-state index in [4.69, 9.17) is 11.6 Å². The first-order valence-corrected chi connectivity index (χ1v) is 6.63. The molecule has 1 atom stereocenters. The van der Waals surface area contributed by atoms with Crippen molar-refractivity contribution in [3.8, 4) is 0 Å². The number of halogens is 1. The Morgan fingerprint density at radius 3 is 2.36 bits per heavy atom. The molecule has 2 N–H and O–H groups in total. The maximum absolute atomic E-state index is 11.0. The summed E-state index contributed by atoms with van der Waals surface area (Å²) in [5, 5.41) is 9.29. The summed E-state index contributed by atoms with van der Waals surface area (Å²) in [6.45, 7) is 5.53. The zero-order chi connectivity index (χ0) is 11.4. The molecule has 0 saturated heterocycles. The second-order valence-corrected chi connectivity index (χ2v) is 6.53. The van der Waals surface area contributed by atoms with E-state index in [0.717, 1.165) is 0 Å². The second-order valence-electron chi connectivity index (χ2n) is 4.14. The van der Waals surface area contributed by atoms with Gasteiger partial charge in [0.1, 0.15) is 5.21 Å². The van der Waals surface area contributed by atoms with Gasteiger partial charge >= 0.3 is 0 Å². The lowest BCUT2D eigenvalue weighted by Crippen LogP contribution is -2.41. The molecule has 0 bridgehead atoms. The van der Waals surface area contributed by atoms with Crippen molar-refractivity contribution in [2.24, 2.45) is 5.92 Å². The summed E-state index contributed by atoms with van der Waals surface area (Å²) in [6, 6.07) is 0. The maximum Gasteiger partial charge on any atom is 0.225 e. The van der Waals surface area contributed by atoms with Crippen molar-refractivity contribution in [1.29, 1.82) is 0 Å². The summed E-state index contributed by atoms with van der Waals surface area (Å²) in [5.41, 5.74) is -1.02. The van der Waals surface area contributed by atoms with E-state index in [0.29, 0.717) is 12.3 Å². The molecular weight excluding hydrogens is 226 g/mol. The quantitative estimate of drug-likeness (QED) is 0.682. The van der Waals surface area contributed by atoms with Gasteiger partial charge in [0.05, 0.1) is 5.60 Å².